The molecule has 3 rings (SSSR count). The third-order valence-electron chi connectivity index (χ3n) is 3.71. The maximum atomic E-state index is 12.1. The first-order valence-electron chi connectivity index (χ1n) is 7.79. The molecule has 1 aromatic carbocycles. The summed E-state index contributed by atoms with van der Waals surface area (Å²) in [5, 5.41) is 1.96. The van der Waals surface area contributed by atoms with Gasteiger partial charge in [-0.05, 0) is 38.0 Å². The monoisotopic (exact) mass is 360 g/mol. The number of nitrogens with zero attached hydrogens (tertiary/aromatic N) is 2. The average molecular weight is 361 g/mol. The number of fused-ring (bicyclic) bond motifs is 1. The third kappa shape index (κ3) is 3.82. The molecule has 0 saturated heterocycles. The van der Waals surface area contributed by atoms with Gasteiger partial charge in [-0.3, -0.25) is 9.20 Å². The predicted octanol–water partition coefficient (Wildman–Crippen LogP) is 3.99. The van der Waals surface area contributed by atoms with Crippen molar-refractivity contribution in [3.63, 3.8) is 0 Å². The lowest BCUT2D eigenvalue weighted by Gasteiger charge is -2.09. The van der Waals surface area contributed by atoms with Crippen LogP contribution in [0.15, 0.2) is 34.4 Å². The van der Waals surface area contributed by atoms with E-state index in [4.69, 9.17) is 4.74 Å². The van der Waals surface area contributed by atoms with E-state index in [-0.39, 0.29) is 5.56 Å². The Morgan fingerprint density at radius 2 is 2.08 bits per heavy atom. The lowest BCUT2D eigenvalue weighted by atomic mass is 10.1. The van der Waals surface area contributed by atoms with Crippen molar-refractivity contribution >= 4 is 28.1 Å². The van der Waals surface area contributed by atoms with Crippen molar-refractivity contribution in [1.82, 2.24) is 9.38 Å². The molecule has 0 spiro atoms. The SMILES string of the molecule is Cc1ccc(C)c(OCCSCc2cc(=O)n3c(C)csc3n2)c1. The number of aromatic nitrogens is 2. The van der Waals surface area contributed by atoms with Gasteiger partial charge >= 0.3 is 0 Å². The summed E-state index contributed by atoms with van der Waals surface area (Å²) in [4.78, 5) is 17.4. The summed E-state index contributed by atoms with van der Waals surface area (Å²) in [5.41, 5.74) is 4.12. The lowest BCUT2D eigenvalue weighted by molar-refractivity contribution is 0.341. The summed E-state index contributed by atoms with van der Waals surface area (Å²) >= 11 is 3.23. The van der Waals surface area contributed by atoms with Gasteiger partial charge in [-0.15, -0.1) is 11.3 Å². The second-order valence-corrected chi connectivity index (χ2v) is 7.69. The largest absolute Gasteiger partial charge is 0.492 e. The molecule has 0 atom stereocenters. The van der Waals surface area contributed by atoms with Gasteiger partial charge in [0.2, 0.25) is 0 Å². The van der Waals surface area contributed by atoms with Crippen LogP contribution in [0.1, 0.15) is 22.5 Å². The van der Waals surface area contributed by atoms with E-state index in [1.54, 1.807) is 22.2 Å². The van der Waals surface area contributed by atoms with E-state index in [9.17, 15) is 4.79 Å². The molecule has 0 aliphatic rings. The summed E-state index contributed by atoms with van der Waals surface area (Å²) in [6.45, 7) is 6.69. The van der Waals surface area contributed by atoms with E-state index in [1.165, 1.54) is 16.9 Å². The van der Waals surface area contributed by atoms with E-state index < -0.39 is 0 Å². The molecule has 0 fully saturated rings. The number of aryl methyl sites for hydroxylation is 3. The molecule has 4 nitrogen and oxygen atoms in total. The highest BCUT2D eigenvalue weighted by atomic mass is 32.2. The fourth-order valence-electron chi connectivity index (χ4n) is 2.42. The van der Waals surface area contributed by atoms with Crippen molar-refractivity contribution < 1.29 is 4.74 Å². The minimum atomic E-state index is 0.000913. The fraction of sp³-hybridized carbons (Fsp3) is 0.333. The summed E-state index contributed by atoms with van der Waals surface area (Å²) in [7, 11) is 0. The Balaban J connectivity index is 1.53. The van der Waals surface area contributed by atoms with Gasteiger partial charge in [-0.2, -0.15) is 11.8 Å². The molecule has 24 heavy (non-hydrogen) atoms. The highest BCUT2D eigenvalue weighted by Crippen LogP contribution is 2.20. The maximum Gasteiger partial charge on any atom is 0.258 e. The predicted molar refractivity (Wildman–Crippen MR) is 102 cm³/mol. The van der Waals surface area contributed by atoms with Gasteiger partial charge in [0.1, 0.15) is 5.75 Å². The van der Waals surface area contributed by atoms with Crippen molar-refractivity contribution in [2.24, 2.45) is 0 Å². The Morgan fingerprint density at radius 1 is 1.25 bits per heavy atom. The smallest absolute Gasteiger partial charge is 0.258 e. The molecule has 0 aliphatic heterocycles. The van der Waals surface area contributed by atoms with Crippen molar-refractivity contribution in [2.45, 2.75) is 26.5 Å². The summed E-state index contributed by atoms with van der Waals surface area (Å²) in [6, 6.07) is 7.86. The van der Waals surface area contributed by atoms with Gasteiger partial charge in [0.15, 0.2) is 4.96 Å². The Kier molecular flexibility index (Phi) is 5.26. The van der Waals surface area contributed by atoms with Crippen LogP contribution in [0.4, 0.5) is 0 Å². The van der Waals surface area contributed by atoms with Crippen LogP contribution in [-0.4, -0.2) is 21.7 Å². The fourth-order valence-corrected chi connectivity index (χ4v) is 4.02. The van der Waals surface area contributed by atoms with Crippen molar-refractivity contribution in [1.29, 1.82) is 0 Å². The lowest BCUT2D eigenvalue weighted by Crippen LogP contribution is -2.14. The first-order valence-corrected chi connectivity index (χ1v) is 9.82. The highest BCUT2D eigenvalue weighted by Gasteiger charge is 2.06. The number of hydrogen-bond donors (Lipinski definition) is 0. The summed E-state index contributed by atoms with van der Waals surface area (Å²) in [6.07, 6.45) is 0. The molecule has 2 aromatic heterocycles. The van der Waals surface area contributed by atoms with Gasteiger partial charge in [0.05, 0.1) is 12.3 Å². The van der Waals surface area contributed by atoms with Crippen LogP contribution in [0.2, 0.25) is 0 Å². The van der Waals surface area contributed by atoms with Crippen molar-refractivity contribution in [2.75, 3.05) is 12.4 Å². The van der Waals surface area contributed by atoms with Crippen LogP contribution in [0.3, 0.4) is 0 Å². The zero-order valence-electron chi connectivity index (χ0n) is 14.0. The Bertz CT molecular complexity index is 915. The molecule has 0 unspecified atom stereocenters. The number of hydrogen-bond acceptors (Lipinski definition) is 5. The summed E-state index contributed by atoms with van der Waals surface area (Å²) in [5.74, 6) is 2.53. The molecule has 2 heterocycles. The average Bonchev–Trinajstić information content (AvgIpc) is 2.92. The van der Waals surface area contributed by atoms with E-state index in [1.807, 2.05) is 12.3 Å². The van der Waals surface area contributed by atoms with Gasteiger partial charge in [0.25, 0.3) is 5.56 Å². The van der Waals surface area contributed by atoms with Gasteiger partial charge in [-0.1, -0.05) is 12.1 Å². The number of rotatable bonds is 6. The first-order chi connectivity index (χ1) is 11.5. The van der Waals surface area contributed by atoms with E-state index in [0.29, 0.717) is 6.61 Å². The van der Waals surface area contributed by atoms with E-state index in [0.717, 1.165) is 39.2 Å². The minimum Gasteiger partial charge on any atom is -0.492 e. The van der Waals surface area contributed by atoms with Gasteiger partial charge in [0, 0.05) is 28.6 Å². The van der Waals surface area contributed by atoms with Crippen LogP contribution in [0.25, 0.3) is 4.96 Å². The zero-order chi connectivity index (χ0) is 17.1. The maximum absolute atomic E-state index is 12.1. The van der Waals surface area contributed by atoms with Crippen LogP contribution in [-0.2, 0) is 5.75 Å². The molecule has 0 aliphatic carbocycles. The molecule has 6 heteroatoms. The second-order valence-electron chi connectivity index (χ2n) is 5.75. The molecule has 3 aromatic rings. The molecule has 0 bridgehead atoms. The minimum absolute atomic E-state index is 0.000913. The molecule has 0 radical (unpaired) electrons. The number of thiazole rings is 1. The molecular formula is C18H20N2O2S2. The highest BCUT2D eigenvalue weighted by molar-refractivity contribution is 7.98. The molecule has 0 N–H and O–H groups in total. The first kappa shape index (κ1) is 17.0. The molecular weight excluding hydrogens is 340 g/mol. The summed E-state index contributed by atoms with van der Waals surface area (Å²) < 4.78 is 7.50. The third-order valence-corrected chi connectivity index (χ3v) is 5.61. The van der Waals surface area contributed by atoms with Crippen molar-refractivity contribution in [3.8, 4) is 5.75 Å². The molecule has 0 saturated carbocycles. The number of ether oxygens (including phenoxy) is 1. The Morgan fingerprint density at radius 3 is 2.92 bits per heavy atom. The normalized spacial score (nSPS) is 11.1. The van der Waals surface area contributed by atoms with Gasteiger partial charge < -0.3 is 4.74 Å². The molecule has 126 valence electrons. The zero-order valence-corrected chi connectivity index (χ0v) is 15.7. The molecule has 0 amide bonds. The van der Waals surface area contributed by atoms with Crippen molar-refractivity contribution in [3.05, 3.63) is 62.5 Å². The van der Waals surface area contributed by atoms with E-state index in [2.05, 4.69) is 37.0 Å². The van der Waals surface area contributed by atoms with Crippen LogP contribution in [0.5, 0.6) is 5.75 Å². The number of benzene rings is 1. The van der Waals surface area contributed by atoms with Crippen LogP contribution >= 0.6 is 23.1 Å². The second kappa shape index (κ2) is 7.40. The quantitative estimate of drug-likeness (QED) is 0.623. The van der Waals surface area contributed by atoms with Gasteiger partial charge in [-0.25, -0.2) is 4.98 Å². The van der Waals surface area contributed by atoms with Crippen LogP contribution < -0.4 is 10.3 Å². The number of thioether (sulfide) groups is 1. The Hall–Kier alpha value is -1.79. The van der Waals surface area contributed by atoms with Crippen LogP contribution in [0, 0.1) is 20.8 Å². The topological polar surface area (TPSA) is 43.6 Å². The van der Waals surface area contributed by atoms with E-state index >= 15 is 0 Å². The Labute approximate surface area is 149 Å². The standard InChI is InChI=1S/C18H20N2O2S2/c1-12-4-5-13(2)16(8-12)22-6-7-23-11-15-9-17(21)20-14(3)10-24-18(20)19-15/h4-5,8-10H,6-7,11H2,1-3H3.